The molecule has 3 rings (SSSR count). The first-order valence-corrected chi connectivity index (χ1v) is 10.6. The van der Waals surface area contributed by atoms with Crippen molar-refractivity contribution in [3.63, 3.8) is 0 Å². The molecule has 0 N–H and O–H groups in total. The molecule has 3 atom stereocenters. The van der Waals surface area contributed by atoms with E-state index in [4.69, 9.17) is 0 Å². The highest BCUT2D eigenvalue weighted by Crippen LogP contribution is 2.31. The van der Waals surface area contributed by atoms with Crippen LogP contribution in [0.4, 0.5) is 4.39 Å². The maximum atomic E-state index is 13.3. The highest BCUT2D eigenvalue weighted by molar-refractivity contribution is 5.07. The smallest absolute Gasteiger partial charge is 0.159 e. The second-order valence-electron chi connectivity index (χ2n) is 7.82. The SMILES string of the molecule is CCc1cnc(C(C)CCC(CCC(C)c2ncccn2)c2ncc(F)cn2)nc1. The van der Waals surface area contributed by atoms with E-state index in [-0.39, 0.29) is 17.8 Å². The predicted molar refractivity (Wildman–Crippen MR) is 113 cm³/mol. The number of halogens is 1. The minimum atomic E-state index is -0.415. The summed E-state index contributed by atoms with van der Waals surface area (Å²) in [5.41, 5.74) is 1.14. The van der Waals surface area contributed by atoms with Crippen molar-refractivity contribution < 1.29 is 4.39 Å². The van der Waals surface area contributed by atoms with Crippen LogP contribution in [0, 0.1) is 5.82 Å². The standard InChI is InChI=1S/C23H29FN6/c1-4-18-12-27-22(28-13-18)17(3)7-9-19(23-29-14-20(24)15-30-23)8-6-16(2)21-25-10-5-11-26-21/h5,10-17,19H,4,6-9H2,1-3H3. The van der Waals surface area contributed by atoms with Gasteiger partial charge < -0.3 is 0 Å². The maximum Gasteiger partial charge on any atom is 0.159 e. The minimum absolute atomic E-state index is 0.133. The predicted octanol–water partition coefficient (Wildman–Crippen LogP) is 5.01. The maximum absolute atomic E-state index is 13.3. The fraction of sp³-hybridized carbons (Fsp3) is 0.478. The zero-order chi connectivity index (χ0) is 21.3. The van der Waals surface area contributed by atoms with Crippen LogP contribution in [0.3, 0.4) is 0 Å². The second-order valence-corrected chi connectivity index (χ2v) is 7.82. The molecule has 7 heteroatoms. The number of aryl methyl sites for hydroxylation is 1. The first kappa shape index (κ1) is 21.9. The van der Waals surface area contributed by atoms with Gasteiger partial charge in [-0.25, -0.2) is 34.3 Å². The Morgan fingerprint density at radius 1 is 0.700 bits per heavy atom. The van der Waals surface area contributed by atoms with Crippen molar-refractivity contribution in [2.24, 2.45) is 0 Å². The molecule has 3 aromatic heterocycles. The van der Waals surface area contributed by atoms with Crippen LogP contribution in [-0.2, 0) is 6.42 Å². The van der Waals surface area contributed by atoms with Gasteiger partial charge in [0.15, 0.2) is 5.82 Å². The molecule has 0 aliphatic heterocycles. The van der Waals surface area contributed by atoms with Gasteiger partial charge in [-0.2, -0.15) is 0 Å². The zero-order valence-electron chi connectivity index (χ0n) is 17.9. The molecule has 3 heterocycles. The quantitative estimate of drug-likeness (QED) is 0.469. The minimum Gasteiger partial charge on any atom is -0.241 e. The van der Waals surface area contributed by atoms with Crippen LogP contribution >= 0.6 is 0 Å². The Bertz CT molecular complexity index is 886. The summed E-state index contributed by atoms with van der Waals surface area (Å²) in [7, 11) is 0. The topological polar surface area (TPSA) is 77.3 Å². The van der Waals surface area contributed by atoms with E-state index in [1.807, 2.05) is 18.5 Å². The number of rotatable bonds is 10. The normalized spacial score (nSPS) is 14.3. The van der Waals surface area contributed by atoms with E-state index in [0.717, 1.165) is 49.3 Å². The zero-order valence-corrected chi connectivity index (χ0v) is 17.9. The molecule has 0 radical (unpaired) electrons. The molecule has 0 fully saturated rings. The van der Waals surface area contributed by atoms with Crippen molar-refractivity contribution in [3.8, 4) is 0 Å². The van der Waals surface area contributed by atoms with Crippen LogP contribution < -0.4 is 0 Å². The summed E-state index contributed by atoms with van der Waals surface area (Å²) in [5.74, 6) is 2.57. The van der Waals surface area contributed by atoms with Gasteiger partial charge in [0.1, 0.15) is 17.5 Å². The van der Waals surface area contributed by atoms with E-state index in [9.17, 15) is 4.39 Å². The number of nitrogens with zero attached hydrogens (tertiary/aromatic N) is 6. The van der Waals surface area contributed by atoms with Gasteiger partial charge in [0.05, 0.1) is 12.4 Å². The molecule has 3 aromatic rings. The van der Waals surface area contributed by atoms with E-state index in [1.54, 1.807) is 12.4 Å². The van der Waals surface area contributed by atoms with Crippen molar-refractivity contribution in [1.82, 2.24) is 29.9 Å². The van der Waals surface area contributed by atoms with E-state index in [0.29, 0.717) is 5.82 Å². The first-order valence-electron chi connectivity index (χ1n) is 10.6. The van der Waals surface area contributed by atoms with Crippen molar-refractivity contribution >= 4 is 0 Å². The molecule has 0 aromatic carbocycles. The monoisotopic (exact) mass is 408 g/mol. The Hall–Kier alpha value is -2.83. The lowest BCUT2D eigenvalue weighted by Crippen LogP contribution is -2.10. The molecule has 0 saturated carbocycles. The Balaban J connectivity index is 1.65. The van der Waals surface area contributed by atoms with Crippen molar-refractivity contribution in [2.45, 2.75) is 70.6 Å². The fourth-order valence-electron chi connectivity index (χ4n) is 3.46. The largest absolute Gasteiger partial charge is 0.241 e. The molecule has 158 valence electrons. The molecular formula is C23H29FN6. The third-order valence-electron chi connectivity index (χ3n) is 5.50. The van der Waals surface area contributed by atoms with Crippen LogP contribution in [0.15, 0.2) is 43.2 Å². The van der Waals surface area contributed by atoms with Gasteiger partial charge >= 0.3 is 0 Å². The highest BCUT2D eigenvalue weighted by atomic mass is 19.1. The van der Waals surface area contributed by atoms with Gasteiger partial charge in [0.2, 0.25) is 0 Å². The third-order valence-corrected chi connectivity index (χ3v) is 5.50. The van der Waals surface area contributed by atoms with E-state index >= 15 is 0 Å². The number of hydrogen-bond acceptors (Lipinski definition) is 6. The molecule has 0 spiro atoms. The highest BCUT2D eigenvalue weighted by Gasteiger charge is 2.20. The Kier molecular flexibility index (Phi) is 7.88. The average Bonchev–Trinajstić information content (AvgIpc) is 2.80. The van der Waals surface area contributed by atoms with Gasteiger partial charge in [0.25, 0.3) is 0 Å². The lowest BCUT2D eigenvalue weighted by Gasteiger charge is -2.19. The summed E-state index contributed by atoms with van der Waals surface area (Å²) >= 11 is 0. The summed E-state index contributed by atoms with van der Waals surface area (Å²) in [6, 6.07) is 1.82. The van der Waals surface area contributed by atoms with Crippen LogP contribution in [0.1, 0.15) is 87.2 Å². The van der Waals surface area contributed by atoms with E-state index < -0.39 is 5.82 Å². The molecule has 0 bridgehead atoms. The first-order chi connectivity index (χ1) is 14.6. The Morgan fingerprint density at radius 2 is 1.20 bits per heavy atom. The number of aromatic nitrogens is 6. The van der Waals surface area contributed by atoms with Crippen LogP contribution in [0.25, 0.3) is 0 Å². The molecule has 0 aliphatic rings. The second kappa shape index (κ2) is 10.8. The average molecular weight is 409 g/mol. The molecule has 0 amide bonds. The summed E-state index contributed by atoms with van der Waals surface area (Å²) in [5, 5.41) is 0. The van der Waals surface area contributed by atoms with Crippen molar-refractivity contribution in [1.29, 1.82) is 0 Å². The van der Waals surface area contributed by atoms with Crippen LogP contribution in [-0.4, -0.2) is 29.9 Å². The van der Waals surface area contributed by atoms with Crippen LogP contribution in [0.5, 0.6) is 0 Å². The lowest BCUT2D eigenvalue weighted by molar-refractivity contribution is 0.456. The molecule has 6 nitrogen and oxygen atoms in total. The van der Waals surface area contributed by atoms with Gasteiger partial charge in [-0.15, -0.1) is 0 Å². The van der Waals surface area contributed by atoms with E-state index in [2.05, 4.69) is 50.7 Å². The van der Waals surface area contributed by atoms with Crippen molar-refractivity contribution in [2.75, 3.05) is 0 Å². The Labute approximate surface area is 177 Å². The molecule has 0 saturated heterocycles. The summed E-state index contributed by atoms with van der Waals surface area (Å²) in [4.78, 5) is 26.3. The van der Waals surface area contributed by atoms with Crippen molar-refractivity contribution in [3.05, 3.63) is 72.1 Å². The summed E-state index contributed by atoms with van der Waals surface area (Å²) in [6.07, 6.45) is 14.4. The van der Waals surface area contributed by atoms with Gasteiger partial charge in [0, 0.05) is 42.5 Å². The van der Waals surface area contributed by atoms with Gasteiger partial charge in [-0.3, -0.25) is 0 Å². The van der Waals surface area contributed by atoms with Crippen LogP contribution in [0.2, 0.25) is 0 Å². The Morgan fingerprint density at radius 3 is 1.73 bits per heavy atom. The molecular weight excluding hydrogens is 379 g/mol. The fourth-order valence-corrected chi connectivity index (χ4v) is 3.46. The third kappa shape index (κ3) is 6.08. The van der Waals surface area contributed by atoms with Gasteiger partial charge in [-0.05, 0) is 43.7 Å². The molecule has 30 heavy (non-hydrogen) atoms. The summed E-state index contributed by atoms with van der Waals surface area (Å²) in [6.45, 7) is 6.37. The lowest BCUT2D eigenvalue weighted by atomic mass is 9.89. The van der Waals surface area contributed by atoms with Gasteiger partial charge in [-0.1, -0.05) is 20.8 Å². The number of hydrogen-bond donors (Lipinski definition) is 0. The molecule has 0 aliphatic carbocycles. The molecule has 3 unspecified atom stereocenters. The summed E-state index contributed by atoms with van der Waals surface area (Å²) < 4.78 is 13.3. The van der Waals surface area contributed by atoms with E-state index in [1.165, 1.54) is 12.4 Å².